The summed E-state index contributed by atoms with van der Waals surface area (Å²) in [5.41, 5.74) is 8.62. The minimum Gasteiger partial charge on any atom is -0.397 e. The number of hydrogen-bond donors (Lipinski definition) is 2. The summed E-state index contributed by atoms with van der Waals surface area (Å²) in [6.45, 7) is 5.51. The number of benzene rings is 1. The number of nitro benzene ring substituents is 1. The van der Waals surface area contributed by atoms with Crippen molar-refractivity contribution in [2.24, 2.45) is 5.92 Å². The number of anilines is 2. The number of non-ortho nitro benzene ring substituents is 1. The van der Waals surface area contributed by atoms with Crippen molar-refractivity contribution in [3.05, 3.63) is 92.7 Å². The maximum Gasteiger partial charge on any atom is 0.270 e. The molecule has 31 heavy (non-hydrogen) atoms. The Morgan fingerprint density at radius 1 is 1.29 bits per heavy atom. The molecule has 8 nitrogen and oxygen atoms in total. The van der Waals surface area contributed by atoms with Crippen LogP contribution in [0.15, 0.2) is 61.1 Å². The van der Waals surface area contributed by atoms with Gasteiger partial charge in [-0.15, -0.1) is 11.3 Å². The Morgan fingerprint density at radius 2 is 2.06 bits per heavy atom. The van der Waals surface area contributed by atoms with Crippen LogP contribution in [0, 0.1) is 16.0 Å². The maximum absolute atomic E-state index is 13.2. The second-order valence-electron chi connectivity index (χ2n) is 7.23. The molecule has 1 aliphatic rings. The van der Waals surface area contributed by atoms with Crippen LogP contribution in [0.4, 0.5) is 16.4 Å². The molecule has 4 rings (SSSR count). The van der Waals surface area contributed by atoms with Gasteiger partial charge in [0.1, 0.15) is 10.7 Å². The van der Waals surface area contributed by atoms with E-state index in [9.17, 15) is 19.7 Å². The first-order valence-electron chi connectivity index (χ1n) is 9.37. The van der Waals surface area contributed by atoms with Crippen LogP contribution in [-0.2, 0) is 4.79 Å². The molecule has 1 aliphatic heterocycles. The zero-order chi connectivity index (χ0) is 22.3. The van der Waals surface area contributed by atoms with Gasteiger partial charge in [0.15, 0.2) is 0 Å². The topological polar surface area (TPSA) is 128 Å². The number of rotatable bonds is 5. The van der Waals surface area contributed by atoms with E-state index in [1.165, 1.54) is 31.2 Å². The SMILES string of the molecule is C=C1Nc2sc(C(=O)c3cccc([N+](=O)[O-])c3)c(N)c2[C@H](c2cccnc2)[C@@H]1C(C)=O. The first-order valence-corrected chi connectivity index (χ1v) is 10.2. The second kappa shape index (κ2) is 7.77. The van der Waals surface area contributed by atoms with Gasteiger partial charge in [-0.3, -0.25) is 24.7 Å². The van der Waals surface area contributed by atoms with Crippen LogP contribution in [0.25, 0.3) is 0 Å². The fourth-order valence-corrected chi connectivity index (χ4v) is 5.07. The van der Waals surface area contributed by atoms with Crippen LogP contribution in [0.3, 0.4) is 0 Å². The van der Waals surface area contributed by atoms with Crippen LogP contribution >= 0.6 is 11.3 Å². The number of carbonyl (C=O) groups excluding carboxylic acids is 2. The molecule has 0 bridgehead atoms. The van der Waals surface area contributed by atoms with Crippen molar-refractivity contribution in [2.75, 3.05) is 11.1 Å². The number of pyridine rings is 1. The van der Waals surface area contributed by atoms with Crippen molar-refractivity contribution in [2.45, 2.75) is 12.8 Å². The van der Waals surface area contributed by atoms with E-state index < -0.39 is 22.5 Å². The lowest BCUT2D eigenvalue weighted by atomic mass is 9.75. The minimum atomic E-state index is -0.575. The number of carbonyl (C=O) groups is 2. The summed E-state index contributed by atoms with van der Waals surface area (Å²) in [7, 11) is 0. The monoisotopic (exact) mass is 434 g/mol. The number of nitrogens with one attached hydrogen (secondary N) is 1. The number of hydrogen-bond acceptors (Lipinski definition) is 8. The number of nitrogen functional groups attached to an aromatic ring is 1. The standard InChI is InChI=1S/C22H18N4O4S/c1-11-16(12(2)27)17(14-6-4-8-24-10-14)18-19(23)21(31-22(18)25-11)20(28)13-5-3-7-15(9-13)26(29)30/h3-10,16-17,25H,1,23H2,2H3/t16-,17+/m0/s1. The molecule has 0 unspecified atom stereocenters. The van der Waals surface area contributed by atoms with Crippen molar-refractivity contribution in [1.29, 1.82) is 0 Å². The molecular formula is C22H18N4O4S. The summed E-state index contributed by atoms with van der Waals surface area (Å²) in [6.07, 6.45) is 3.31. The third-order valence-corrected chi connectivity index (χ3v) is 6.42. The number of thiophene rings is 1. The predicted molar refractivity (Wildman–Crippen MR) is 118 cm³/mol. The zero-order valence-electron chi connectivity index (χ0n) is 16.5. The molecule has 3 heterocycles. The van der Waals surface area contributed by atoms with Gasteiger partial charge in [0, 0.05) is 47.3 Å². The Hall–Kier alpha value is -3.85. The van der Waals surface area contributed by atoms with Gasteiger partial charge >= 0.3 is 0 Å². The first kappa shape index (κ1) is 20.4. The van der Waals surface area contributed by atoms with Crippen LogP contribution in [0.1, 0.15) is 39.2 Å². The minimum absolute atomic E-state index is 0.0887. The number of nitrogens with two attached hydrogens (primary N) is 1. The smallest absolute Gasteiger partial charge is 0.270 e. The van der Waals surface area contributed by atoms with Gasteiger partial charge in [0.25, 0.3) is 5.69 Å². The highest BCUT2D eigenvalue weighted by atomic mass is 32.1. The Morgan fingerprint density at radius 3 is 2.71 bits per heavy atom. The normalized spacial score (nSPS) is 17.5. The number of Topliss-reactive ketones (excluding diaryl/α,β-unsaturated/α-hetero) is 1. The van der Waals surface area contributed by atoms with Crippen LogP contribution in [-0.4, -0.2) is 21.5 Å². The average molecular weight is 434 g/mol. The molecule has 0 radical (unpaired) electrons. The number of allylic oxidation sites excluding steroid dienone is 1. The van der Waals surface area contributed by atoms with E-state index in [-0.39, 0.29) is 27.6 Å². The molecule has 0 saturated heterocycles. The van der Waals surface area contributed by atoms with Crippen LogP contribution < -0.4 is 11.1 Å². The third-order valence-electron chi connectivity index (χ3n) is 5.28. The van der Waals surface area contributed by atoms with Crippen LogP contribution in [0.2, 0.25) is 0 Å². The number of fused-ring (bicyclic) bond motifs is 1. The molecule has 0 saturated carbocycles. The van der Waals surface area contributed by atoms with E-state index in [0.717, 1.165) is 16.9 Å². The van der Waals surface area contributed by atoms with Gasteiger partial charge in [-0.2, -0.15) is 0 Å². The van der Waals surface area contributed by atoms with Gasteiger partial charge in [0.05, 0.1) is 21.5 Å². The molecule has 2 aromatic heterocycles. The molecule has 1 aromatic carbocycles. The van der Waals surface area contributed by atoms with Crippen molar-refractivity contribution in [1.82, 2.24) is 4.98 Å². The molecule has 3 aromatic rings. The molecule has 3 N–H and O–H groups in total. The van der Waals surface area contributed by atoms with E-state index in [4.69, 9.17) is 5.73 Å². The van der Waals surface area contributed by atoms with Crippen molar-refractivity contribution >= 4 is 39.3 Å². The van der Waals surface area contributed by atoms with Gasteiger partial charge < -0.3 is 11.1 Å². The summed E-state index contributed by atoms with van der Waals surface area (Å²) in [5.74, 6) is -1.53. The Bertz CT molecular complexity index is 1240. The summed E-state index contributed by atoms with van der Waals surface area (Å²) < 4.78 is 0. The lowest BCUT2D eigenvalue weighted by Crippen LogP contribution is -2.30. The van der Waals surface area contributed by atoms with E-state index in [0.29, 0.717) is 16.3 Å². The van der Waals surface area contributed by atoms with E-state index in [2.05, 4.69) is 16.9 Å². The molecule has 9 heteroatoms. The van der Waals surface area contributed by atoms with Crippen molar-refractivity contribution in [3.8, 4) is 0 Å². The summed E-state index contributed by atoms with van der Waals surface area (Å²) >= 11 is 1.15. The molecule has 0 amide bonds. The number of nitro groups is 1. The molecular weight excluding hydrogens is 416 g/mol. The Kier molecular flexibility index (Phi) is 5.12. The third kappa shape index (κ3) is 3.49. The molecule has 0 fully saturated rings. The number of ketones is 2. The van der Waals surface area contributed by atoms with Crippen LogP contribution in [0.5, 0.6) is 0 Å². The highest BCUT2D eigenvalue weighted by Gasteiger charge is 2.40. The molecule has 156 valence electrons. The van der Waals surface area contributed by atoms with E-state index in [1.54, 1.807) is 18.5 Å². The highest BCUT2D eigenvalue weighted by molar-refractivity contribution is 7.19. The second-order valence-corrected chi connectivity index (χ2v) is 8.25. The summed E-state index contributed by atoms with van der Waals surface area (Å²) in [6, 6.07) is 9.14. The lowest BCUT2D eigenvalue weighted by molar-refractivity contribution is -0.384. The first-order chi connectivity index (χ1) is 14.8. The van der Waals surface area contributed by atoms with Gasteiger partial charge in [-0.05, 0) is 18.6 Å². The van der Waals surface area contributed by atoms with Crippen molar-refractivity contribution in [3.63, 3.8) is 0 Å². The lowest BCUT2D eigenvalue weighted by Gasteiger charge is -2.33. The fraction of sp³-hybridized carbons (Fsp3) is 0.136. The Labute approximate surface area is 181 Å². The van der Waals surface area contributed by atoms with Gasteiger partial charge in [0.2, 0.25) is 5.78 Å². The molecule has 0 spiro atoms. The number of aromatic nitrogens is 1. The largest absolute Gasteiger partial charge is 0.397 e. The zero-order valence-corrected chi connectivity index (χ0v) is 17.3. The predicted octanol–water partition coefficient (Wildman–Crippen LogP) is 4.14. The van der Waals surface area contributed by atoms with E-state index >= 15 is 0 Å². The summed E-state index contributed by atoms with van der Waals surface area (Å²) in [5, 5.41) is 14.8. The quantitative estimate of drug-likeness (QED) is 0.351. The molecule has 0 aliphatic carbocycles. The van der Waals surface area contributed by atoms with E-state index in [1.807, 2.05) is 6.07 Å². The molecule has 2 atom stereocenters. The van der Waals surface area contributed by atoms with Crippen molar-refractivity contribution < 1.29 is 14.5 Å². The maximum atomic E-state index is 13.2. The Balaban J connectivity index is 1.86. The fourth-order valence-electron chi connectivity index (χ4n) is 3.91. The number of nitrogens with zero attached hydrogens (tertiary/aromatic N) is 2. The average Bonchev–Trinajstić information content (AvgIpc) is 3.08. The summed E-state index contributed by atoms with van der Waals surface area (Å²) in [4.78, 5) is 40.6. The highest BCUT2D eigenvalue weighted by Crippen LogP contribution is 2.51. The van der Waals surface area contributed by atoms with Gasteiger partial charge in [-0.25, -0.2) is 0 Å². The van der Waals surface area contributed by atoms with Gasteiger partial charge in [-0.1, -0.05) is 24.8 Å².